The Bertz CT molecular complexity index is 656. The van der Waals surface area contributed by atoms with Gasteiger partial charge in [0, 0.05) is 25.6 Å². The van der Waals surface area contributed by atoms with Crippen molar-refractivity contribution in [2.24, 2.45) is 7.05 Å². The van der Waals surface area contributed by atoms with Crippen LogP contribution in [0.25, 0.3) is 0 Å². The zero-order chi connectivity index (χ0) is 19.2. The average Bonchev–Trinajstić information content (AvgIpc) is 2.75. The maximum absolute atomic E-state index is 12.5. The van der Waals surface area contributed by atoms with Gasteiger partial charge >= 0.3 is 0 Å². The van der Waals surface area contributed by atoms with Crippen molar-refractivity contribution in [1.82, 2.24) is 14.7 Å². The number of Topliss-reactive ketones (excluding diaryl/α,β-unsaturated/α-hetero) is 1. The normalized spacial score (nSPS) is 19.8. The Morgan fingerprint density at radius 2 is 2.04 bits per heavy atom. The van der Waals surface area contributed by atoms with Gasteiger partial charge in [0.25, 0.3) is 0 Å². The number of hydrogen-bond donors (Lipinski definition) is 0. The van der Waals surface area contributed by atoms with E-state index in [1.54, 1.807) is 15.6 Å². The van der Waals surface area contributed by atoms with Crippen LogP contribution in [0.15, 0.2) is 6.07 Å². The summed E-state index contributed by atoms with van der Waals surface area (Å²) in [6.07, 6.45) is 0.404. The summed E-state index contributed by atoms with van der Waals surface area (Å²) < 4.78 is 8.02. The molecule has 0 N–H and O–H groups in total. The van der Waals surface area contributed by atoms with Crippen molar-refractivity contribution in [3.63, 3.8) is 0 Å². The number of likely N-dealkylation sites (tertiary alicyclic amines) is 1. The molecule has 2 atom stereocenters. The lowest BCUT2D eigenvalue weighted by atomic mass is 9.95. The summed E-state index contributed by atoms with van der Waals surface area (Å²) in [6.45, 7) is 14.7. The van der Waals surface area contributed by atoms with E-state index in [4.69, 9.17) is 4.43 Å². The second kappa shape index (κ2) is 6.68. The Morgan fingerprint density at radius 1 is 1.44 bits per heavy atom. The highest BCUT2D eigenvalue weighted by Crippen LogP contribution is 2.39. The van der Waals surface area contributed by atoms with Crippen LogP contribution in [0.4, 0.5) is 0 Å². The third-order valence-electron chi connectivity index (χ3n) is 5.58. The van der Waals surface area contributed by atoms with E-state index in [0.29, 0.717) is 18.5 Å². The standard InChI is InChI=1S/C18H31N3O3Si/c1-12-9-15(19-20(12)6)16(22)10-14-11-17(23)21(14)13(2)24-25(7,8)18(3,4)5/h9,13-14H,10-11H2,1-8H3/t13-,14?/m1/s1. The molecule has 0 bridgehead atoms. The number of rotatable bonds is 6. The molecule has 2 rings (SSSR count). The Hall–Kier alpha value is -1.47. The molecule has 1 unspecified atom stereocenters. The van der Waals surface area contributed by atoms with Gasteiger partial charge in [-0.05, 0) is 38.0 Å². The first-order valence-corrected chi connectivity index (χ1v) is 11.8. The Labute approximate surface area is 151 Å². The number of nitrogens with zero attached hydrogens (tertiary/aromatic N) is 3. The van der Waals surface area contributed by atoms with Crippen LogP contribution < -0.4 is 0 Å². The SMILES string of the molecule is Cc1cc(C(=O)CC2CC(=O)N2[C@@H](C)O[Si](C)(C)C(C)(C)C)nn1C. The van der Waals surface area contributed by atoms with E-state index < -0.39 is 8.32 Å². The molecule has 0 aromatic carbocycles. The molecule has 0 spiro atoms. The minimum atomic E-state index is -1.97. The summed E-state index contributed by atoms with van der Waals surface area (Å²) in [7, 11) is -0.155. The first kappa shape index (κ1) is 19.8. The van der Waals surface area contributed by atoms with Crippen LogP contribution >= 0.6 is 0 Å². The van der Waals surface area contributed by atoms with E-state index in [0.717, 1.165) is 5.69 Å². The van der Waals surface area contributed by atoms with Crippen molar-refractivity contribution in [2.75, 3.05) is 0 Å². The van der Waals surface area contributed by atoms with Crippen LogP contribution in [-0.2, 0) is 16.3 Å². The summed E-state index contributed by atoms with van der Waals surface area (Å²) in [6, 6.07) is 1.70. The number of amides is 1. The molecule has 6 nitrogen and oxygen atoms in total. The van der Waals surface area contributed by atoms with Crippen molar-refractivity contribution in [3.8, 4) is 0 Å². The fourth-order valence-corrected chi connectivity index (χ4v) is 4.16. The molecule has 2 heterocycles. The molecular weight excluding hydrogens is 334 g/mol. The quantitative estimate of drug-likeness (QED) is 0.441. The molecule has 1 fully saturated rings. The van der Waals surface area contributed by atoms with Crippen molar-refractivity contribution >= 4 is 20.0 Å². The van der Waals surface area contributed by atoms with Crippen LogP contribution in [0.5, 0.6) is 0 Å². The maximum atomic E-state index is 12.5. The Kier molecular flexibility index (Phi) is 5.30. The van der Waals surface area contributed by atoms with Crippen LogP contribution in [0.3, 0.4) is 0 Å². The molecule has 0 saturated carbocycles. The summed E-state index contributed by atoms with van der Waals surface area (Å²) in [5, 5.41) is 4.32. The zero-order valence-electron chi connectivity index (χ0n) is 16.7. The molecule has 25 heavy (non-hydrogen) atoms. The van der Waals surface area contributed by atoms with Gasteiger partial charge in [-0.3, -0.25) is 14.3 Å². The first-order chi connectivity index (χ1) is 11.3. The minimum Gasteiger partial charge on any atom is -0.397 e. The van der Waals surface area contributed by atoms with Gasteiger partial charge in [0.05, 0.1) is 6.04 Å². The van der Waals surface area contributed by atoms with Crippen LogP contribution in [0.2, 0.25) is 18.1 Å². The van der Waals surface area contributed by atoms with Crippen molar-refractivity contribution in [1.29, 1.82) is 0 Å². The van der Waals surface area contributed by atoms with Crippen LogP contribution in [0, 0.1) is 6.92 Å². The van der Waals surface area contributed by atoms with Gasteiger partial charge in [0.1, 0.15) is 11.9 Å². The number of aromatic nitrogens is 2. The smallest absolute Gasteiger partial charge is 0.226 e. The highest BCUT2D eigenvalue weighted by molar-refractivity contribution is 6.74. The van der Waals surface area contributed by atoms with E-state index in [-0.39, 0.29) is 29.0 Å². The van der Waals surface area contributed by atoms with E-state index in [1.165, 1.54) is 0 Å². The summed E-state index contributed by atoms with van der Waals surface area (Å²) in [5.41, 5.74) is 1.41. The lowest BCUT2D eigenvalue weighted by Crippen LogP contribution is -2.60. The molecule has 0 radical (unpaired) electrons. The zero-order valence-corrected chi connectivity index (χ0v) is 17.7. The fourth-order valence-electron chi connectivity index (χ4n) is 2.84. The van der Waals surface area contributed by atoms with Crippen LogP contribution in [0.1, 0.15) is 56.7 Å². The summed E-state index contributed by atoms with van der Waals surface area (Å²) in [5.74, 6) is 0.0342. The largest absolute Gasteiger partial charge is 0.397 e. The van der Waals surface area contributed by atoms with Crippen LogP contribution in [-0.4, -0.2) is 47.0 Å². The molecule has 1 aromatic rings. The lowest BCUT2D eigenvalue weighted by Gasteiger charge is -2.48. The topological polar surface area (TPSA) is 64.4 Å². The molecule has 1 aliphatic rings. The molecule has 1 aliphatic heterocycles. The molecule has 7 heteroatoms. The van der Waals surface area contributed by atoms with Gasteiger partial charge in [0.15, 0.2) is 14.1 Å². The van der Waals surface area contributed by atoms with Crippen molar-refractivity contribution < 1.29 is 14.0 Å². The predicted molar refractivity (Wildman–Crippen MR) is 99.9 cm³/mol. The minimum absolute atomic E-state index is 0.0225. The molecular formula is C18H31N3O3Si. The monoisotopic (exact) mass is 365 g/mol. The van der Waals surface area contributed by atoms with Gasteiger partial charge in [-0.1, -0.05) is 20.8 Å². The van der Waals surface area contributed by atoms with E-state index >= 15 is 0 Å². The fraction of sp³-hybridized carbons (Fsp3) is 0.722. The van der Waals surface area contributed by atoms with Gasteiger partial charge < -0.3 is 9.33 Å². The molecule has 1 amide bonds. The summed E-state index contributed by atoms with van der Waals surface area (Å²) >= 11 is 0. The van der Waals surface area contributed by atoms with Gasteiger partial charge in [-0.2, -0.15) is 5.10 Å². The highest BCUT2D eigenvalue weighted by atomic mass is 28.4. The molecule has 1 aromatic heterocycles. The molecule has 0 aliphatic carbocycles. The second-order valence-corrected chi connectivity index (χ2v) is 13.3. The number of carbonyl (C=O) groups is 2. The first-order valence-electron chi connectivity index (χ1n) is 8.86. The van der Waals surface area contributed by atoms with Gasteiger partial charge in [0.2, 0.25) is 5.91 Å². The van der Waals surface area contributed by atoms with Crippen molar-refractivity contribution in [3.05, 3.63) is 17.5 Å². The number of β-lactam (4-membered cyclic amide) rings is 1. The Balaban J connectivity index is 2.03. The van der Waals surface area contributed by atoms with E-state index in [9.17, 15) is 9.59 Å². The van der Waals surface area contributed by atoms with Gasteiger partial charge in [-0.25, -0.2) is 0 Å². The third kappa shape index (κ3) is 4.03. The predicted octanol–water partition coefficient (Wildman–Crippen LogP) is 3.27. The number of hydrogen-bond acceptors (Lipinski definition) is 4. The molecule has 1 saturated heterocycles. The second-order valence-electron chi connectivity index (χ2n) is 8.56. The maximum Gasteiger partial charge on any atom is 0.226 e. The highest BCUT2D eigenvalue weighted by Gasteiger charge is 2.45. The average molecular weight is 366 g/mol. The number of aryl methyl sites for hydroxylation is 2. The number of carbonyl (C=O) groups excluding carboxylic acids is 2. The van der Waals surface area contributed by atoms with E-state index in [2.05, 4.69) is 39.0 Å². The summed E-state index contributed by atoms with van der Waals surface area (Å²) in [4.78, 5) is 26.3. The third-order valence-corrected chi connectivity index (χ3v) is 10.1. The van der Waals surface area contributed by atoms with Gasteiger partial charge in [-0.15, -0.1) is 0 Å². The van der Waals surface area contributed by atoms with E-state index in [1.807, 2.05) is 20.9 Å². The lowest BCUT2D eigenvalue weighted by molar-refractivity contribution is -0.159. The number of ketones is 1. The molecule has 140 valence electrons. The Morgan fingerprint density at radius 3 is 2.48 bits per heavy atom. The van der Waals surface area contributed by atoms with Crippen molar-refractivity contribution in [2.45, 2.75) is 77.9 Å².